The predicted octanol–water partition coefficient (Wildman–Crippen LogP) is 3.10. The summed E-state index contributed by atoms with van der Waals surface area (Å²) < 4.78 is 36.0. The first-order valence-electron chi connectivity index (χ1n) is 2.43. The third kappa shape index (κ3) is 3.69. The molecule has 8 heteroatoms. The molecular weight excluding hydrogens is 243 g/mol. The van der Waals surface area contributed by atoms with Crippen molar-refractivity contribution in [3.63, 3.8) is 0 Å². The first kappa shape index (κ1) is 12.1. The van der Waals surface area contributed by atoms with Gasteiger partial charge in [-0.15, -0.1) is 0 Å². The molecule has 0 atom stereocenters. The van der Waals surface area contributed by atoms with Crippen LogP contribution < -0.4 is 0 Å². The minimum absolute atomic E-state index is 1.23. The Hall–Kier alpha value is 0.130. The Morgan fingerprint density at radius 3 is 2.00 bits per heavy atom. The number of rotatable bonds is 2. The smallest absolute Gasteiger partial charge is 0.424 e. The lowest BCUT2D eigenvalue weighted by atomic mass is 10.4. The molecule has 72 valence electrons. The molecule has 0 aliphatic carbocycles. The Morgan fingerprint density at radius 2 is 1.75 bits per heavy atom. The molecule has 0 radical (unpaired) electrons. The Kier molecular flexibility index (Phi) is 3.93. The number of carbonyl (C=O) groups excluding carboxylic acids is 1. The maximum Gasteiger partial charge on any atom is 0.424 e. The quantitative estimate of drug-likeness (QED) is 0.552. The number of hydrogen-bond acceptors (Lipinski definition) is 2. The summed E-state index contributed by atoms with van der Waals surface area (Å²) >= 11 is 14.1. The van der Waals surface area contributed by atoms with Crippen molar-refractivity contribution in [1.82, 2.24) is 0 Å². The van der Waals surface area contributed by atoms with Crippen LogP contribution in [0.2, 0.25) is 0 Å². The van der Waals surface area contributed by atoms with Crippen LogP contribution in [0.3, 0.4) is 0 Å². The van der Waals surface area contributed by atoms with Gasteiger partial charge >= 0.3 is 11.6 Å². The first-order chi connectivity index (χ1) is 5.17. The maximum atomic E-state index is 11.8. The Bertz CT molecular complexity index is 179. The van der Waals surface area contributed by atoms with Crippen molar-refractivity contribution in [2.24, 2.45) is 0 Å². The lowest BCUT2D eigenvalue weighted by Gasteiger charge is -2.21. The molecule has 0 saturated carbocycles. The summed E-state index contributed by atoms with van der Waals surface area (Å²) in [5.41, 5.74) is -1.40. The first-order valence-corrected chi connectivity index (χ1v) is 3.57. The molecule has 2 nitrogen and oxygen atoms in total. The van der Waals surface area contributed by atoms with Crippen LogP contribution in [-0.2, 0) is 4.74 Å². The summed E-state index contributed by atoms with van der Waals surface area (Å²) in [7, 11) is 0. The van der Waals surface area contributed by atoms with Gasteiger partial charge in [-0.25, -0.2) is 4.79 Å². The fourth-order valence-corrected chi connectivity index (χ4v) is 0.393. The van der Waals surface area contributed by atoms with Gasteiger partial charge in [-0.05, 0) is 0 Å². The van der Waals surface area contributed by atoms with Crippen molar-refractivity contribution < 1.29 is 22.7 Å². The molecule has 0 aromatic rings. The SMILES string of the molecule is O=C(Cl)OCC(Cl)(Cl)C(F)(F)F. The average Bonchev–Trinajstić information content (AvgIpc) is 1.81. The zero-order chi connectivity index (χ0) is 9.99. The van der Waals surface area contributed by atoms with E-state index in [9.17, 15) is 18.0 Å². The summed E-state index contributed by atoms with van der Waals surface area (Å²) in [6, 6.07) is 0. The Balaban J connectivity index is 4.14. The van der Waals surface area contributed by atoms with Gasteiger partial charge in [-0.1, -0.05) is 23.2 Å². The normalized spacial score (nSPS) is 12.8. The largest absolute Gasteiger partial charge is 0.450 e. The number of hydrogen-bond donors (Lipinski definition) is 0. The zero-order valence-corrected chi connectivity index (χ0v) is 7.56. The van der Waals surface area contributed by atoms with E-state index in [0.717, 1.165) is 0 Å². The molecule has 0 aliphatic heterocycles. The van der Waals surface area contributed by atoms with Crippen LogP contribution in [0, 0.1) is 0 Å². The lowest BCUT2D eigenvalue weighted by Crippen LogP contribution is -2.38. The van der Waals surface area contributed by atoms with E-state index in [1.807, 2.05) is 0 Å². The number of halogens is 6. The van der Waals surface area contributed by atoms with E-state index in [2.05, 4.69) is 16.3 Å². The molecule has 0 fully saturated rings. The zero-order valence-electron chi connectivity index (χ0n) is 5.29. The van der Waals surface area contributed by atoms with E-state index < -0.39 is 22.5 Å². The lowest BCUT2D eigenvalue weighted by molar-refractivity contribution is -0.148. The summed E-state index contributed by atoms with van der Waals surface area (Å²) in [6.07, 6.45) is -4.87. The summed E-state index contributed by atoms with van der Waals surface area (Å²) in [6.45, 7) is -1.23. The van der Waals surface area contributed by atoms with Crippen LogP contribution in [0.1, 0.15) is 0 Å². The highest BCUT2D eigenvalue weighted by Gasteiger charge is 2.53. The van der Waals surface area contributed by atoms with Gasteiger partial charge in [-0.3, -0.25) is 0 Å². The maximum absolute atomic E-state index is 11.8. The van der Waals surface area contributed by atoms with Crippen LogP contribution in [0.5, 0.6) is 0 Å². The predicted molar refractivity (Wildman–Crippen MR) is 37.7 cm³/mol. The van der Waals surface area contributed by atoms with Crippen molar-refractivity contribution >= 4 is 40.2 Å². The summed E-state index contributed by atoms with van der Waals surface area (Å²) in [5, 5.41) is 0. The van der Waals surface area contributed by atoms with Crippen molar-refractivity contribution in [3.8, 4) is 0 Å². The molecule has 0 heterocycles. The fraction of sp³-hybridized carbons (Fsp3) is 0.750. The minimum Gasteiger partial charge on any atom is -0.450 e. The highest BCUT2D eigenvalue weighted by Crippen LogP contribution is 2.39. The molecule has 0 N–H and O–H groups in total. The summed E-state index contributed by atoms with van der Waals surface area (Å²) in [4.78, 5) is 9.88. The van der Waals surface area contributed by atoms with Crippen LogP contribution in [0.4, 0.5) is 18.0 Å². The fourth-order valence-electron chi connectivity index (χ4n) is 0.229. The van der Waals surface area contributed by atoms with E-state index in [-0.39, 0.29) is 0 Å². The molecule has 0 aliphatic rings. The van der Waals surface area contributed by atoms with Gasteiger partial charge < -0.3 is 4.74 Å². The van der Waals surface area contributed by atoms with Gasteiger partial charge in [0, 0.05) is 11.6 Å². The van der Waals surface area contributed by atoms with E-state index in [1.165, 1.54) is 0 Å². The Morgan fingerprint density at radius 1 is 1.33 bits per heavy atom. The monoisotopic (exact) mass is 244 g/mol. The van der Waals surface area contributed by atoms with Crippen molar-refractivity contribution in [2.75, 3.05) is 6.61 Å². The molecular formula is C4H2Cl3F3O2. The molecule has 0 aromatic heterocycles. The molecule has 0 bridgehead atoms. The van der Waals surface area contributed by atoms with Gasteiger partial charge in [0.1, 0.15) is 6.61 Å². The number of carbonyl (C=O) groups is 1. The highest BCUT2D eigenvalue weighted by molar-refractivity contribution is 6.61. The number of ether oxygens (including phenoxy) is 1. The second-order valence-electron chi connectivity index (χ2n) is 1.73. The molecule has 0 unspecified atom stereocenters. The standard InChI is InChI=1S/C4H2Cl3F3O2/c5-2(11)12-1-3(6,7)4(8,9)10/h1H2. The Labute approximate surface area is 80.5 Å². The second-order valence-corrected chi connectivity index (χ2v) is 3.52. The minimum atomic E-state index is -4.87. The topological polar surface area (TPSA) is 26.3 Å². The van der Waals surface area contributed by atoms with Crippen LogP contribution in [0.15, 0.2) is 0 Å². The molecule has 0 saturated heterocycles. The van der Waals surface area contributed by atoms with E-state index in [0.29, 0.717) is 0 Å². The van der Waals surface area contributed by atoms with E-state index >= 15 is 0 Å². The molecule has 0 aromatic carbocycles. The van der Waals surface area contributed by atoms with Gasteiger partial charge in [-0.2, -0.15) is 13.2 Å². The van der Waals surface area contributed by atoms with Crippen LogP contribution >= 0.6 is 34.8 Å². The second kappa shape index (κ2) is 3.89. The highest BCUT2D eigenvalue weighted by atomic mass is 35.5. The van der Waals surface area contributed by atoms with Crippen molar-refractivity contribution in [2.45, 2.75) is 10.5 Å². The van der Waals surface area contributed by atoms with Crippen LogP contribution in [0.25, 0.3) is 0 Å². The molecule has 12 heavy (non-hydrogen) atoms. The van der Waals surface area contributed by atoms with Crippen LogP contribution in [-0.4, -0.2) is 22.5 Å². The van der Waals surface area contributed by atoms with Gasteiger partial charge in [0.25, 0.3) is 0 Å². The molecule has 0 amide bonds. The number of alkyl halides is 5. The van der Waals surface area contributed by atoms with Crippen molar-refractivity contribution in [1.29, 1.82) is 0 Å². The summed E-state index contributed by atoms with van der Waals surface area (Å²) in [5.74, 6) is 0. The van der Waals surface area contributed by atoms with E-state index in [4.69, 9.17) is 23.2 Å². The van der Waals surface area contributed by atoms with Gasteiger partial charge in [0.2, 0.25) is 4.33 Å². The third-order valence-electron chi connectivity index (χ3n) is 0.782. The third-order valence-corrected chi connectivity index (χ3v) is 1.54. The van der Waals surface area contributed by atoms with Gasteiger partial charge in [0.05, 0.1) is 0 Å². The molecule has 0 spiro atoms. The van der Waals surface area contributed by atoms with Gasteiger partial charge in [0.15, 0.2) is 0 Å². The van der Waals surface area contributed by atoms with E-state index in [1.54, 1.807) is 0 Å². The van der Waals surface area contributed by atoms with Crippen molar-refractivity contribution in [3.05, 3.63) is 0 Å². The molecule has 0 rings (SSSR count). The average molecular weight is 245 g/mol.